The molecule has 7 aliphatic rings. The van der Waals surface area contributed by atoms with Crippen molar-refractivity contribution >= 4 is 23.3 Å². The van der Waals surface area contributed by atoms with Crippen molar-refractivity contribution in [3.63, 3.8) is 0 Å². The Morgan fingerprint density at radius 2 is 1.78 bits per heavy atom. The number of allylic oxidation sites excluding steroid dienone is 4. The van der Waals surface area contributed by atoms with Crippen LogP contribution in [0.2, 0.25) is 0 Å². The second kappa shape index (κ2) is 11.8. The van der Waals surface area contributed by atoms with E-state index in [1.54, 1.807) is 5.57 Å². The molecule has 46 heavy (non-hydrogen) atoms. The molecule has 0 radical (unpaired) electrons. The second-order valence-corrected chi connectivity index (χ2v) is 16.3. The summed E-state index contributed by atoms with van der Waals surface area (Å²) >= 11 is 0. The van der Waals surface area contributed by atoms with Crippen molar-refractivity contribution in [1.82, 2.24) is 20.2 Å². The molecule has 1 N–H and O–H groups in total. The lowest BCUT2D eigenvalue weighted by Crippen LogP contribution is -2.51. The Balaban J connectivity index is 1.05. The highest BCUT2D eigenvalue weighted by Crippen LogP contribution is 2.65. The lowest BCUT2D eigenvalue weighted by Gasteiger charge is -2.54. The molecule has 2 saturated carbocycles. The average Bonchev–Trinajstić information content (AvgIpc) is 3.82. The van der Waals surface area contributed by atoms with Crippen LogP contribution in [0, 0.1) is 40.4 Å². The van der Waals surface area contributed by atoms with E-state index in [-0.39, 0.29) is 28.6 Å². The number of Topliss-reactive ketones (excluding diaryl/α,β-unsaturated/α-hetero) is 1. The number of nitrogens with one attached hydrogen (secondary N) is 1. The summed E-state index contributed by atoms with van der Waals surface area (Å²) in [6.45, 7) is 14.4. The van der Waals surface area contributed by atoms with E-state index in [2.05, 4.69) is 59.0 Å². The van der Waals surface area contributed by atoms with Gasteiger partial charge in [-0.3, -0.25) is 14.5 Å². The Bertz CT molecular complexity index is 1390. The third-order valence-corrected chi connectivity index (χ3v) is 13.7. The van der Waals surface area contributed by atoms with Crippen LogP contribution in [0.15, 0.2) is 29.9 Å². The van der Waals surface area contributed by atoms with Gasteiger partial charge in [-0.2, -0.15) is 4.98 Å². The molecule has 1 aromatic heterocycles. The van der Waals surface area contributed by atoms with Gasteiger partial charge in [-0.1, -0.05) is 38.5 Å². The number of piperazine rings is 1. The number of hydrogen-bond donors (Lipinski definition) is 1. The maximum Gasteiger partial charge on any atom is 0.227 e. The maximum absolute atomic E-state index is 14.6. The molecule has 5 fully saturated rings. The topological polar surface area (TPSA) is 81.7 Å². The van der Waals surface area contributed by atoms with Crippen molar-refractivity contribution in [3.8, 4) is 0 Å². The van der Waals surface area contributed by atoms with Crippen molar-refractivity contribution in [2.75, 3.05) is 62.2 Å². The Morgan fingerprint density at radius 1 is 1.02 bits per heavy atom. The Kier molecular flexibility index (Phi) is 7.91. The highest BCUT2D eigenvalue weighted by atomic mass is 16.1. The van der Waals surface area contributed by atoms with E-state index < -0.39 is 0 Å². The maximum atomic E-state index is 14.6. The van der Waals surface area contributed by atoms with Crippen LogP contribution in [0.3, 0.4) is 0 Å². The van der Waals surface area contributed by atoms with Crippen LogP contribution in [0.25, 0.3) is 0 Å². The van der Waals surface area contributed by atoms with E-state index in [1.165, 1.54) is 25.7 Å². The van der Waals surface area contributed by atoms with Gasteiger partial charge in [0.2, 0.25) is 5.95 Å². The largest absolute Gasteiger partial charge is 0.356 e. The van der Waals surface area contributed by atoms with E-state index in [0.29, 0.717) is 42.4 Å². The highest BCUT2D eigenvalue weighted by Gasteiger charge is 2.60. The minimum absolute atomic E-state index is 0.00308. The summed E-state index contributed by atoms with van der Waals surface area (Å²) in [7, 11) is 0. The number of anilines is 2. The van der Waals surface area contributed by atoms with Gasteiger partial charge in [0.15, 0.2) is 11.6 Å². The number of rotatable bonds is 6. The Morgan fingerprint density at radius 3 is 2.57 bits per heavy atom. The molecule has 0 amide bonds. The van der Waals surface area contributed by atoms with Gasteiger partial charge < -0.3 is 15.1 Å². The van der Waals surface area contributed by atoms with E-state index in [4.69, 9.17) is 9.97 Å². The zero-order chi connectivity index (χ0) is 31.6. The molecule has 3 aliphatic heterocycles. The summed E-state index contributed by atoms with van der Waals surface area (Å²) in [6, 6.07) is 2.30. The van der Waals surface area contributed by atoms with Crippen molar-refractivity contribution < 1.29 is 9.59 Å². The minimum atomic E-state index is -0.00758. The first kappa shape index (κ1) is 30.7. The van der Waals surface area contributed by atoms with Gasteiger partial charge in [-0.05, 0) is 86.5 Å². The molecule has 4 aliphatic carbocycles. The summed E-state index contributed by atoms with van der Waals surface area (Å²) in [5.41, 5.74) is 2.63. The molecule has 248 valence electrons. The predicted molar refractivity (Wildman–Crippen MR) is 182 cm³/mol. The minimum Gasteiger partial charge on any atom is -0.356 e. The van der Waals surface area contributed by atoms with Crippen molar-refractivity contribution in [2.45, 2.75) is 84.6 Å². The SMILES string of the molecule is CC1CC2C3CCC4CC(=O)C=CC4(C)C3=CCC2(C)C1C(=O)CN1CCNCC1c1cc(N2CCCC2)nc(N2CCCC2)n1. The van der Waals surface area contributed by atoms with E-state index in [0.717, 1.165) is 89.0 Å². The first-order valence-corrected chi connectivity index (χ1v) is 18.5. The molecule has 8 nitrogen and oxygen atoms in total. The van der Waals surface area contributed by atoms with Gasteiger partial charge >= 0.3 is 0 Å². The van der Waals surface area contributed by atoms with Gasteiger partial charge in [-0.15, -0.1) is 0 Å². The number of carbonyl (C=O) groups is 2. The van der Waals surface area contributed by atoms with Crippen LogP contribution in [-0.2, 0) is 9.59 Å². The molecule has 8 heteroatoms. The highest BCUT2D eigenvalue weighted by molar-refractivity contribution is 5.91. The molecule has 8 unspecified atom stereocenters. The van der Waals surface area contributed by atoms with Gasteiger partial charge in [0.05, 0.1) is 18.3 Å². The normalized spacial score (nSPS) is 39.3. The molecular weight excluding hydrogens is 572 g/mol. The van der Waals surface area contributed by atoms with Crippen molar-refractivity contribution in [2.24, 2.45) is 40.4 Å². The number of ketones is 2. The number of fused-ring (bicyclic) bond motifs is 5. The fourth-order valence-electron chi connectivity index (χ4n) is 11.3. The summed E-state index contributed by atoms with van der Waals surface area (Å²) < 4.78 is 0. The molecule has 1 aromatic rings. The predicted octanol–water partition coefficient (Wildman–Crippen LogP) is 5.36. The van der Waals surface area contributed by atoms with Crippen molar-refractivity contribution in [1.29, 1.82) is 0 Å². The lowest BCUT2D eigenvalue weighted by molar-refractivity contribution is -0.130. The monoisotopic (exact) mass is 626 g/mol. The van der Waals surface area contributed by atoms with Crippen LogP contribution in [0.4, 0.5) is 11.8 Å². The fourth-order valence-corrected chi connectivity index (χ4v) is 11.3. The van der Waals surface area contributed by atoms with Gasteiger partial charge in [-0.25, -0.2) is 4.98 Å². The lowest BCUT2D eigenvalue weighted by atomic mass is 9.50. The molecule has 8 atom stereocenters. The standard InChI is InChI=1S/C38H54N6O2/c1-25-20-30-28-9-8-26-21-27(45)10-12-37(26,2)29(28)11-13-38(30,3)35(25)33(46)24-44-19-14-39-23-32(44)31-22-34(42-15-4-5-16-42)41-36(40-31)43-17-6-7-18-43/h10-12,22,25-26,28,30,32,35,39H,4-9,13-21,23-24H2,1-3H3. The molecule has 3 saturated heterocycles. The molecule has 4 heterocycles. The molecule has 0 aromatic carbocycles. The zero-order valence-electron chi connectivity index (χ0n) is 28.3. The molecule has 8 rings (SSSR count). The Labute approximate surface area is 275 Å². The summed E-state index contributed by atoms with van der Waals surface area (Å²) in [4.78, 5) is 44.4. The van der Waals surface area contributed by atoms with Crippen molar-refractivity contribution in [3.05, 3.63) is 35.6 Å². The van der Waals surface area contributed by atoms with Crippen LogP contribution in [0.1, 0.15) is 90.3 Å². The summed E-state index contributed by atoms with van der Waals surface area (Å²) in [5.74, 6) is 4.60. The fraction of sp³-hybridized carbons (Fsp3) is 0.737. The van der Waals surface area contributed by atoms with Crippen LogP contribution in [-0.4, -0.2) is 78.8 Å². The van der Waals surface area contributed by atoms with Crippen LogP contribution in [0.5, 0.6) is 0 Å². The first-order chi connectivity index (χ1) is 22.2. The quantitative estimate of drug-likeness (QED) is 0.423. The average molecular weight is 627 g/mol. The number of aromatic nitrogens is 2. The van der Waals surface area contributed by atoms with Gasteiger partial charge in [0.1, 0.15) is 5.82 Å². The smallest absolute Gasteiger partial charge is 0.227 e. The number of nitrogens with zero attached hydrogens (tertiary/aromatic N) is 5. The zero-order valence-corrected chi connectivity index (χ0v) is 28.3. The molecule has 0 bridgehead atoms. The van der Waals surface area contributed by atoms with Gasteiger partial charge in [0.25, 0.3) is 0 Å². The molecule has 0 spiro atoms. The Hall–Kier alpha value is -2.58. The first-order valence-electron chi connectivity index (χ1n) is 18.5. The number of hydrogen-bond acceptors (Lipinski definition) is 8. The number of carbonyl (C=O) groups excluding carboxylic acids is 2. The second-order valence-electron chi connectivity index (χ2n) is 16.3. The van der Waals surface area contributed by atoms with E-state index >= 15 is 0 Å². The summed E-state index contributed by atoms with van der Waals surface area (Å²) in [5, 5.41) is 3.63. The van der Waals surface area contributed by atoms with Gasteiger partial charge in [0, 0.05) is 69.6 Å². The van der Waals surface area contributed by atoms with Crippen LogP contribution >= 0.6 is 0 Å². The van der Waals surface area contributed by atoms with Crippen LogP contribution < -0.4 is 15.1 Å². The molecular formula is C38H54N6O2. The van der Waals surface area contributed by atoms with E-state index in [9.17, 15) is 9.59 Å². The third kappa shape index (κ3) is 5.08. The third-order valence-electron chi connectivity index (χ3n) is 13.7. The summed E-state index contributed by atoms with van der Waals surface area (Å²) in [6.07, 6.45) is 16.5. The van der Waals surface area contributed by atoms with E-state index in [1.807, 2.05) is 6.08 Å².